The van der Waals surface area contributed by atoms with Gasteiger partial charge in [0.1, 0.15) is 0 Å². The van der Waals surface area contributed by atoms with Crippen LogP contribution in [0.2, 0.25) is 0 Å². The number of hydrogen-bond donors (Lipinski definition) is 0. The molecule has 0 unspecified atom stereocenters. The number of thioether (sulfide) groups is 1. The normalized spacial score (nSPS) is 10.9. The van der Waals surface area contributed by atoms with Crippen molar-refractivity contribution >= 4 is 11.8 Å². The smallest absolute Gasteiger partial charge is 0.196 e. The average Bonchev–Trinajstić information content (AvgIpc) is 3.15. The summed E-state index contributed by atoms with van der Waals surface area (Å²) in [5, 5.41) is 9.92. The Bertz CT molecular complexity index is 1060. The molecule has 2 aromatic heterocycles. The largest absolute Gasteiger partial charge is 0.270 e. The molecule has 4 nitrogen and oxygen atoms in total. The predicted octanol–water partition coefficient (Wildman–Crippen LogP) is 5.28. The van der Waals surface area contributed by atoms with Crippen molar-refractivity contribution in [2.24, 2.45) is 0 Å². The molecular formula is C23H22N4S. The highest BCUT2D eigenvalue weighted by Gasteiger charge is 2.16. The van der Waals surface area contributed by atoms with Crippen LogP contribution in [-0.2, 0) is 6.42 Å². The maximum absolute atomic E-state index is 4.51. The van der Waals surface area contributed by atoms with E-state index in [1.807, 2.05) is 18.2 Å². The van der Waals surface area contributed by atoms with E-state index in [9.17, 15) is 0 Å². The number of aromatic nitrogens is 4. The zero-order valence-electron chi connectivity index (χ0n) is 16.0. The molecule has 0 aliphatic carbocycles. The summed E-state index contributed by atoms with van der Waals surface area (Å²) in [5.41, 5.74) is 5.96. The molecule has 0 saturated heterocycles. The molecule has 0 bridgehead atoms. The van der Waals surface area contributed by atoms with E-state index in [4.69, 9.17) is 0 Å². The SMILES string of the molecule is Cc1ccc(-n2c(SCCc3ccccc3)nnc2-c2ccncc2)cc1C. The van der Waals surface area contributed by atoms with Gasteiger partial charge >= 0.3 is 0 Å². The summed E-state index contributed by atoms with van der Waals surface area (Å²) in [7, 11) is 0. The van der Waals surface area contributed by atoms with Gasteiger partial charge in [0.25, 0.3) is 0 Å². The van der Waals surface area contributed by atoms with Crippen LogP contribution in [-0.4, -0.2) is 25.5 Å². The molecular weight excluding hydrogens is 364 g/mol. The summed E-state index contributed by atoms with van der Waals surface area (Å²) in [6, 6.07) is 21.0. The van der Waals surface area contributed by atoms with Crippen molar-refractivity contribution in [2.45, 2.75) is 25.4 Å². The summed E-state index contributed by atoms with van der Waals surface area (Å²) in [6.07, 6.45) is 4.57. The zero-order chi connectivity index (χ0) is 19.3. The Balaban J connectivity index is 1.68. The van der Waals surface area contributed by atoms with Crippen molar-refractivity contribution in [1.82, 2.24) is 19.7 Å². The second-order valence-corrected chi connectivity index (χ2v) is 7.79. The van der Waals surface area contributed by atoms with Crippen LogP contribution in [0.4, 0.5) is 0 Å². The standard InChI is InChI=1S/C23H22N4S/c1-17-8-9-21(16-18(17)2)27-22(20-10-13-24-14-11-20)25-26-23(27)28-15-12-19-6-4-3-5-7-19/h3-11,13-14,16H,12,15H2,1-2H3. The van der Waals surface area contributed by atoms with Gasteiger partial charge < -0.3 is 0 Å². The number of aryl methyl sites for hydroxylation is 3. The molecule has 0 amide bonds. The summed E-state index contributed by atoms with van der Waals surface area (Å²) in [4.78, 5) is 4.13. The molecule has 0 radical (unpaired) electrons. The molecule has 0 fully saturated rings. The van der Waals surface area contributed by atoms with Crippen LogP contribution in [0.1, 0.15) is 16.7 Å². The van der Waals surface area contributed by atoms with E-state index >= 15 is 0 Å². The molecule has 4 rings (SSSR count). The van der Waals surface area contributed by atoms with Gasteiger partial charge in [-0.05, 0) is 61.2 Å². The van der Waals surface area contributed by atoms with Gasteiger partial charge in [0.05, 0.1) is 5.69 Å². The van der Waals surface area contributed by atoms with E-state index in [1.54, 1.807) is 24.2 Å². The summed E-state index contributed by atoms with van der Waals surface area (Å²) in [5.74, 6) is 1.79. The summed E-state index contributed by atoms with van der Waals surface area (Å²) >= 11 is 1.74. The molecule has 0 atom stereocenters. The fraction of sp³-hybridized carbons (Fsp3) is 0.174. The van der Waals surface area contributed by atoms with Crippen molar-refractivity contribution in [3.8, 4) is 17.1 Å². The molecule has 28 heavy (non-hydrogen) atoms. The molecule has 0 saturated carbocycles. The van der Waals surface area contributed by atoms with Crippen LogP contribution in [0, 0.1) is 13.8 Å². The van der Waals surface area contributed by atoms with Crippen molar-refractivity contribution in [2.75, 3.05) is 5.75 Å². The van der Waals surface area contributed by atoms with Crippen LogP contribution in [0.15, 0.2) is 78.2 Å². The van der Waals surface area contributed by atoms with Gasteiger partial charge in [-0.25, -0.2) is 0 Å². The first-order chi connectivity index (χ1) is 13.7. The van der Waals surface area contributed by atoms with Crippen molar-refractivity contribution in [3.63, 3.8) is 0 Å². The Hall–Kier alpha value is -2.92. The molecule has 0 aliphatic heterocycles. The zero-order valence-corrected chi connectivity index (χ0v) is 16.9. The summed E-state index contributed by atoms with van der Waals surface area (Å²) in [6.45, 7) is 4.27. The van der Waals surface area contributed by atoms with E-state index in [0.717, 1.165) is 34.4 Å². The third kappa shape index (κ3) is 3.99. The molecule has 0 aliphatic rings. The predicted molar refractivity (Wildman–Crippen MR) is 115 cm³/mol. The molecule has 0 spiro atoms. The number of nitrogens with zero attached hydrogens (tertiary/aromatic N) is 4. The monoisotopic (exact) mass is 386 g/mol. The number of hydrogen-bond acceptors (Lipinski definition) is 4. The van der Waals surface area contributed by atoms with Crippen molar-refractivity contribution in [3.05, 3.63) is 89.7 Å². The van der Waals surface area contributed by atoms with E-state index in [2.05, 4.69) is 76.1 Å². The second-order valence-electron chi connectivity index (χ2n) is 6.73. The molecule has 0 N–H and O–H groups in total. The third-order valence-corrected chi connectivity index (χ3v) is 5.72. The minimum atomic E-state index is 0.841. The van der Waals surface area contributed by atoms with Gasteiger partial charge in [0, 0.05) is 23.7 Å². The van der Waals surface area contributed by atoms with Gasteiger partial charge in [-0.2, -0.15) is 0 Å². The molecule has 2 heterocycles. The van der Waals surface area contributed by atoms with E-state index < -0.39 is 0 Å². The van der Waals surface area contributed by atoms with Crippen LogP contribution >= 0.6 is 11.8 Å². The van der Waals surface area contributed by atoms with Gasteiger partial charge in [-0.3, -0.25) is 9.55 Å². The Kier molecular flexibility index (Phi) is 5.53. The highest BCUT2D eigenvalue weighted by Crippen LogP contribution is 2.29. The van der Waals surface area contributed by atoms with E-state index in [1.165, 1.54) is 16.7 Å². The first-order valence-electron chi connectivity index (χ1n) is 9.32. The van der Waals surface area contributed by atoms with Gasteiger partial charge in [-0.1, -0.05) is 48.2 Å². The fourth-order valence-corrected chi connectivity index (χ4v) is 3.99. The Morgan fingerprint density at radius 2 is 1.64 bits per heavy atom. The third-order valence-electron chi connectivity index (χ3n) is 4.79. The van der Waals surface area contributed by atoms with Crippen molar-refractivity contribution in [1.29, 1.82) is 0 Å². The minimum absolute atomic E-state index is 0.841. The molecule has 2 aromatic carbocycles. The van der Waals surface area contributed by atoms with Crippen LogP contribution in [0.3, 0.4) is 0 Å². The first-order valence-corrected chi connectivity index (χ1v) is 10.3. The Morgan fingerprint density at radius 1 is 0.857 bits per heavy atom. The molecule has 140 valence electrons. The summed E-state index contributed by atoms with van der Waals surface area (Å²) < 4.78 is 2.15. The first kappa shape index (κ1) is 18.4. The lowest BCUT2D eigenvalue weighted by Gasteiger charge is -2.12. The Morgan fingerprint density at radius 3 is 2.39 bits per heavy atom. The lowest BCUT2D eigenvalue weighted by Crippen LogP contribution is -2.01. The van der Waals surface area contributed by atoms with Crippen LogP contribution in [0.25, 0.3) is 17.1 Å². The number of benzene rings is 2. The van der Waals surface area contributed by atoms with Crippen molar-refractivity contribution < 1.29 is 0 Å². The number of pyridine rings is 1. The lowest BCUT2D eigenvalue weighted by molar-refractivity contribution is 0.883. The maximum Gasteiger partial charge on any atom is 0.196 e. The lowest BCUT2D eigenvalue weighted by atomic mass is 10.1. The second kappa shape index (κ2) is 8.40. The molecule has 5 heteroatoms. The fourth-order valence-electron chi connectivity index (χ4n) is 3.05. The molecule has 4 aromatic rings. The topological polar surface area (TPSA) is 43.6 Å². The van der Waals surface area contributed by atoms with E-state index in [0.29, 0.717) is 0 Å². The van der Waals surface area contributed by atoms with Gasteiger partial charge in [-0.15, -0.1) is 10.2 Å². The van der Waals surface area contributed by atoms with Crippen LogP contribution < -0.4 is 0 Å². The number of rotatable bonds is 6. The Labute approximate surface area is 169 Å². The van der Waals surface area contributed by atoms with Crippen LogP contribution in [0.5, 0.6) is 0 Å². The highest BCUT2D eigenvalue weighted by atomic mass is 32.2. The maximum atomic E-state index is 4.51. The average molecular weight is 387 g/mol. The van der Waals surface area contributed by atoms with Gasteiger partial charge in [0.2, 0.25) is 0 Å². The highest BCUT2D eigenvalue weighted by molar-refractivity contribution is 7.99. The van der Waals surface area contributed by atoms with Gasteiger partial charge in [0.15, 0.2) is 11.0 Å². The quantitative estimate of drug-likeness (QED) is 0.423. The van der Waals surface area contributed by atoms with E-state index in [-0.39, 0.29) is 0 Å². The minimum Gasteiger partial charge on any atom is -0.270 e.